The van der Waals surface area contributed by atoms with Gasteiger partial charge in [-0.15, -0.1) is 0 Å². The van der Waals surface area contributed by atoms with E-state index in [0.29, 0.717) is 28.5 Å². The Morgan fingerprint density at radius 2 is 1.50 bits per heavy atom. The number of carbonyl (C=O) groups excluding carboxylic acids is 1. The molecule has 0 unspecified atom stereocenters. The Bertz CT molecular complexity index is 1150. The van der Waals surface area contributed by atoms with Gasteiger partial charge in [-0.1, -0.05) is 18.2 Å². The minimum Gasteiger partial charge on any atom is -0.493 e. The predicted molar refractivity (Wildman–Crippen MR) is 110 cm³/mol. The topological polar surface area (TPSA) is 72.6 Å². The second-order valence-electron chi connectivity index (χ2n) is 6.30. The fourth-order valence-electron chi connectivity index (χ4n) is 3.34. The Hall–Kier alpha value is -3.67. The summed E-state index contributed by atoms with van der Waals surface area (Å²) < 4.78 is 16.0. The molecule has 0 spiro atoms. The first-order valence-electron chi connectivity index (χ1n) is 8.76. The van der Waals surface area contributed by atoms with E-state index >= 15 is 0 Å². The third kappa shape index (κ3) is 2.99. The average Bonchev–Trinajstić information content (AvgIpc) is 3.10. The van der Waals surface area contributed by atoms with E-state index in [9.17, 15) is 4.79 Å². The van der Waals surface area contributed by atoms with Gasteiger partial charge in [-0.05, 0) is 36.4 Å². The van der Waals surface area contributed by atoms with Crippen LogP contribution in [0.4, 0.5) is 5.69 Å². The molecule has 0 bridgehead atoms. The lowest BCUT2D eigenvalue weighted by Crippen LogP contribution is -2.12. The second kappa shape index (κ2) is 7.15. The molecule has 0 radical (unpaired) electrons. The standard InChI is InChI=1S/C22H20N2O4/c1-26-19-10-13(11-20(27-2)21(19)28-3)22(25)23-14-8-9-18-16(12-14)15-6-4-5-7-17(15)24-18/h4-12,24H,1-3H3,(H,23,25). The van der Waals surface area contributed by atoms with E-state index in [1.54, 1.807) is 12.1 Å². The van der Waals surface area contributed by atoms with Gasteiger partial charge < -0.3 is 24.5 Å². The van der Waals surface area contributed by atoms with Crippen LogP contribution in [0.2, 0.25) is 0 Å². The van der Waals surface area contributed by atoms with Crippen LogP contribution in [0, 0.1) is 0 Å². The minimum atomic E-state index is -0.265. The van der Waals surface area contributed by atoms with E-state index in [4.69, 9.17) is 14.2 Å². The van der Waals surface area contributed by atoms with Gasteiger partial charge in [-0.25, -0.2) is 0 Å². The molecule has 0 aliphatic rings. The first-order chi connectivity index (χ1) is 13.6. The Kier molecular flexibility index (Phi) is 4.53. The van der Waals surface area contributed by atoms with Gasteiger partial charge in [0.15, 0.2) is 11.5 Å². The molecular formula is C22H20N2O4. The lowest BCUT2D eigenvalue weighted by molar-refractivity contribution is 0.102. The van der Waals surface area contributed by atoms with E-state index in [-0.39, 0.29) is 5.91 Å². The minimum absolute atomic E-state index is 0.265. The summed E-state index contributed by atoms with van der Waals surface area (Å²) in [6.45, 7) is 0. The highest BCUT2D eigenvalue weighted by Gasteiger charge is 2.17. The number of fused-ring (bicyclic) bond motifs is 3. The van der Waals surface area contributed by atoms with Crippen molar-refractivity contribution in [2.45, 2.75) is 0 Å². The number of amides is 1. The normalized spacial score (nSPS) is 10.8. The lowest BCUT2D eigenvalue weighted by Gasteiger charge is -2.14. The number of ether oxygens (including phenoxy) is 3. The maximum absolute atomic E-state index is 12.8. The smallest absolute Gasteiger partial charge is 0.255 e. The number of rotatable bonds is 5. The zero-order valence-electron chi connectivity index (χ0n) is 15.8. The number of hydrogen-bond donors (Lipinski definition) is 2. The average molecular weight is 376 g/mol. The molecule has 0 saturated carbocycles. The number of aromatic nitrogens is 1. The van der Waals surface area contributed by atoms with Gasteiger partial charge in [-0.3, -0.25) is 4.79 Å². The van der Waals surface area contributed by atoms with Crippen LogP contribution in [-0.2, 0) is 0 Å². The molecule has 3 aromatic carbocycles. The van der Waals surface area contributed by atoms with Crippen LogP contribution < -0.4 is 19.5 Å². The zero-order chi connectivity index (χ0) is 19.7. The van der Waals surface area contributed by atoms with Crippen molar-refractivity contribution in [1.82, 2.24) is 4.98 Å². The molecule has 6 nitrogen and oxygen atoms in total. The van der Waals surface area contributed by atoms with Gasteiger partial charge in [0.25, 0.3) is 5.91 Å². The quantitative estimate of drug-likeness (QED) is 0.534. The summed E-state index contributed by atoms with van der Waals surface area (Å²) >= 11 is 0. The second-order valence-corrected chi connectivity index (χ2v) is 6.30. The third-order valence-electron chi connectivity index (χ3n) is 4.69. The van der Waals surface area contributed by atoms with Crippen LogP contribution >= 0.6 is 0 Å². The summed E-state index contributed by atoms with van der Waals surface area (Å²) in [6, 6.07) is 17.1. The third-order valence-corrected chi connectivity index (χ3v) is 4.69. The van der Waals surface area contributed by atoms with Crippen LogP contribution in [0.5, 0.6) is 17.2 Å². The molecule has 1 amide bonds. The molecular weight excluding hydrogens is 356 g/mol. The Morgan fingerprint density at radius 3 is 2.18 bits per heavy atom. The summed E-state index contributed by atoms with van der Waals surface area (Å²) in [7, 11) is 4.56. The summed E-state index contributed by atoms with van der Waals surface area (Å²) in [5, 5.41) is 5.11. The van der Waals surface area contributed by atoms with E-state index in [2.05, 4.69) is 16.4 Å². The molecule has 4 rings (SSSR count). The molecule has 142 valence electrons. The Morgan fingerprint density at radius 1 is 0.821 bits per heavy atom. The fourth-order valence-corrected chi connectivity index (χ4v) is 3.34. The van der Waals surface area contributed by atoms with Crippen molar-refractivity contribution in [1.29, 1.82) is 0 Å². The highest BCUT2D eigenvalue weighted by molar-refractivity contribution is 6.10. The Labute approximate surface area is 162 Å². The van der Waals surface area contributed by atoms with Crippen LogP contribution in [0.15, 0.2) is 54.6 Å². The molecule has 2 N–H and O–H groups in total. The van der Waals surface area contributed by atoms with E-state index in [1.807, 2.05) is 36.4 Å². The van der Waals surface area contributed by atoms with E-state index < -0.39 is 0 Å². The van der Waals surface area contributed by atoms with Gasteiger partial charge in [0.05, 0.1) is 21.3 Å². The predicted octanol–water partition coefficient (Wildman–Crippen LogP) is 4.60. The molecule has 4 aromatic rings. The summed E-state index contributed by atoms with van der Waals surface area (Å²) in [5.74, 6) is 1.04. The number of aromatic amines is 1. The number of benzene rings is 3. The van der Waals surface area contributed by atoms with Crippen LogP contribution in [0.1, 0.15) is 10.4 Å². The van der Waals surface area contributed by atoms with Crippen LogP contribution in [0.25, 0.3) is 21.8 Å². The number of hydrogen-bond acceptors (Lipinski definition) is 4. The highest BCUT2D eigenvalue weighted by Crippen LogP contribution is 2.38. The number of carbonyl (C=O) groups is 1. The highest BCUT2D eigenvalue weighted by atomic mass is 16.5. The van der Waals surface area contributed by atoms with Crippen molar-refractivity contribution >= 4 is 33.4 Å². The summed E-state index contributed by atoms with van der Waals surface area (Å²) in [6.07, 6.45) is 0. The SMILES string of the molecule is COc1cc(C(=O)Nc2ccc3[nH]c4ccccc4c3c2)cc(OC)c1OC. The molecule has 0 saturated heterocycles. The maximum atomic E-state index is 12.8. The molecule has 0 atom stereocenters. The lowest BCUT2D eigenvalue weighted by atomic mass is 10.1. The molecule has 0 fully saturated rings. The Balaban J connectivity index is 1.69. The number of anilines is 1. The van der Waals surface area contributed by atoms with Gasteiger partial charge in [0.1, 0.15) is 0 Å². The van der Waals surface area contributed by atoms with Crippen LogP contribution in [0.3, 0.4) is 0 Å². The van der Waals surface area contributed by atoms with Crippen molar-refractivity contribution in [2.75, 3.05) is 26.6 Å². The molecule has 1 aromatic heterocycles. The first kappa shape index (κ1) is 17.7. The van der Waals surface area contributed by atoms with Crippen molar-refractivity contribution in [2.24, 2.45) is 0 Å². The van der Waals surface area contributed by atoms with E-state index in [0.717, 1.165) is 21.8 Å². The van der Waals surface area contributed by atoms with Gasteiger partial charge in [0, 0.05) is 33.1 Å². The van der Waals surface area contributed by atoms with Crippen molar-refractivity contribution in [3.05, 3.63) is 60.2 Å². The van der Waals surface area contributed by atoms with Crippen molar-refractivity contribution in [3.63, 3.8) is 0 Å². The summed E-state index contributed by atoms with van der Waals surface area (Å²) in [4.78, 5) is 16.2. The maximum Gasteiger partial charge on any atom is 0.255 e. The molecule has 0 aliphatic heterocycles. The first-order valence-corrected chi connectivity index (χ1v) is 8.76. The van der Waals surface area contributed by atoms with Gasteiger partial charge in [-0.2, -0.15) is 0 Å². The number of nitrogens with one attached hydrogen (secondary N) is 2. The molecule has 1 heterocycles. The van der Waals surface area contributed by atoms with E-state index in [1.165, 1.54) is 21.3 Å². The summed E-state index contributed by atoms with van der Waals surface area (Å²) in [5.41, 5.74) is 3.20. The monoisotopic (exact) mass is 376 g/mol. The number of H-pyrrole nitrogens is 1. The van der Waals surface area contributed by atoms with Gasteiger partial charge in [0.2, 0.25) is 5.75 Å². The number of para-hydroxylation sites is 1. The van der Waals surface area contributed by atoms with Gasteiger partial charge >= 0.3 is 0 Å². The van der Waals surface area contributed by atoms with Crippen molar-refractivity contribution < 1.29 is 19.0 Å². The zero-order valence-corrected chi connectivity index (χ0v) is 15.8. The molecule has 6 heteroatoms. The fraction of sp³-hybridized carbons (Fsp3) is 0.136. The molecule has 0 aliphatic carbocycles. The van der Waals surface area contributed by atoms with Crippen LogP contribution in [-0.4, -0.2) is 32.2 Å². The number of methoxy groups -OCH3 is 3. The molecule has 28 heavy (non-hydrogen) atoms. The van der Waals surface area contributed by atoms with Crippen molar-refractivity contribution in [3.8, 4) is 17.2 Å². The largest absolute Gasteiger partial charge is 0.493 e.